The summed E-state index contributed by atoms with van der Waals surface area (Å²) in [5, 5.41) is 7.67. The molecule has 0 aliphatic rings. The van der Waals surface area contributed by atoms with Crippen molar-refractivity contribution in [3.63, 3.8) is 0 Å². The number of amides is 1. The molecule has 0 aromatic heterocycles. The SMILES string of the molecule is Cc1ccc(S(=O)(=O)NC(CC(C)C)C(=O)Nc2cccc(S(N)(=O)=O)c2)cc1. The van der Waals surface area contributed by atoms with Crippen molar-refractivity contribution in [2.75, 3.05) is 5.32 Å². The largest absolute Gasteiger partial charge is 0.325 e. The number of carbonyl (C=O) groups is 1. The number of primary sulfonamides is 1. The van der Waals surface area contributed by atoms with Gasteiger partial charge in [0.2, 0.25) is 26.0 Å². The monoisotopic (exact) mass is 439 g/mol. The van der Waals surface area contributed by atoms with E-state index in [9.17, 15) is 21.6 Å². The van der Waals surface area contributed by atoms with E-state index in [2.05, 4.69) is 10.0 Å². The number of rotatable bonds is 8. The summed E-state index contributed by atoms with van der Waals surface area (Å²) in [6, 6.07) is 10.7. The van der Waals surface area contributed by atoms with Crippen molar-refractivity contribution in [2.45, 2.75) is 43.0 Å². The van der Waals surface area contributed by atoms with Gasteiger partial charge in [-0.25, -0.2) is 22.0 Å². The molecule has 0 radical (unpaired) electrons. The summed E-state index contributed by atoms with van der Waals surface area (Å²) in [5.41, 5.74) is 1.11. The van der Waals surface area contributed by atoms with E-state index in [4.69, 9.17) is 5.14 Å². The Balaban J connectivity index is 2.25. The first-order valence-corrected chi connectivity index (χ1v) is 11.9. The maximum atomic E-state index is 12.8. The van der Waals surface area contributed by atoms with Crippen molar-refractivity contribution in [2.24, 2.45) is 11.1 Å². The van der Waals surface area contributed by atoms with Gasteiger partial charge in [-0.2, -0.15) is 4.72 Å². The van der Waals surface area contributed by atoms with Gasteiger partial charge in [-0.1, -0.05) is 37.6 Å². The Morgan fingerprint density at radius 2 is 1.62 bits per heavy atom. The molecule has 2 aromatic rings. The predicted octanol–water partition coefficient (Wildman–Crippen LogP) is 1.97. The highest BCUT2D eigenvalue weighted by molar-refractivity contribution is 7.89. The standard InChI is InChI=1S/C19H25N3O5S2/c1-13(2)11-18(22-29(26,27)16-9-7-14(3)8-10-16)19(23)21-15-5-4-6-17(12-15)28(20,24)25/h4-10,12-13,18,22H,11H2,1-3H3,(H,21,23)(H2,20,24,25). The summed E-state index contributed by atoms with van der Waals surface area (Å²) in [4.78, 5) is 12.7. The molecule has 29 heavy (non-hydrogen) atoms. The number of hydrogen-bond donors (Lipinski definition) is 3. The van der Waals surface area contributed by atoms with Crippen molar-refractivity contribution < 1.29 is 21.6 Å². The molecule has 0 spiro atoms. The molecule has 0 aliphatic heterocycles. The van der Waals surface area contributed by atoms with E-state index in [0.29, 0.717) is 0 Å². The fourth-order valence-electron chi connectivity index (χ4n) is 2.63. The molecule has 10 heteroatoms. The lowest BCUT2D eigenvalue weighted by molar-refractivity contribution is -0.118. The van der Waals surface area contributed by atoms with E-state index in [0.717, 1.165) is 5.56 Å². The topological polar surface area (TPSA) is 135 Å². The van der Waals surface area contributed by atoms with Crippen molar-refractivity contribution in [1.82, 2.24) is 4.72 Å². The maximum absolute atomic E-state index is 12.8. The quantitative estimate of drug-likeness (QED) is 0.578. The van der Waals surface area contributed by atoms with E-state index in [1.54, 1.807) is 12.1 Å². The third-order valence-electron chi connectivity index (χ3n) is 4.08. The van der Waals surface area contributed by atoms with Crippen LogP contribution in [0.4, 0.5) is 5.69 Å². The second-order valence-corrected chi connectivity index (χ2v) is 10.5. The van der Waals surface area contributed by atoms with E-state index in [1.807, 2.05) is 20.8 Å². The Labute approximate surface area is 171 Å². The molecule has 0 fully saturated rings. The van der Waals surface area contributed by atoms with Crippen LogP contribution in [0.1, 0.15) is 25.8 Å². The molecule has 0 bridgehead atoms. The van der Waals surface area contributed by atoms with Crippen LogP contribution in [0.15, 0.2) is 58.3 Å². The molecule has 0 saturated heterocycles. The van der Waals surface area contributed by atoms with Crippen LogP contribution >= 0.6 is 0 Å². The van der Waals surface area contributed by atoms with Gasteiger partial charge in [-0.3, -0.25) is 4.79 Å². The van der Waals surface area contributed by atoms with Gasteiger partial charge < -0.3 is 5.32 Å². The minimum atomic E-state index is -3.93. The lowest BCUT2D eigenvalue weighted by Gasteiger charge is -2.20. The number of nitrogens with one attached hydrogen (secondary N) is 2. The van der Waals surface area contributed by atoms with Crippen LogP contribution in [0.2, 0.25) is 0 Å². The molecule has 0 heterocycles. The van der Waals surface area contributed by atoms with Gasteiger partial charge in [0.1, 0.15) is 6.04 Å². The van der Waals surface area contributed by atoms with Crippen molar-refractivity contribution in [3.8, 4) is 0 Å². The molecule has 158 valence electrons. The lowest BCUT2D eigenvalue weighted by atomic mass is 10.0. The van der Waals surface area contributed by atoms with Crippen LogP contribution in [-0.2, 0) is 24.8 Å². The first-order chi connectivity index (χ1) is 13.4. The van der Waals surface area contributed by atoms with Gasteiger partial charge in [-0.15, -0.1) is 0 Å². The Bertz CT molecular complexity index is 1080. The number of aryl methyl sites for hydroxylation is 1. The highest BCUT2D eigenvalue weighted by Gasteiger charge is 2.27. The van der Waals surface area contributed by atoms with E-state index in [-0.39, 0.29) is 27.8 Å². The predicted molar refractivity (Wildman–Crippen MR) is 111 cm³/mol. The molecule has 8 nitrogen and oxygen atoms in total. The highest BCUT2D eigenvalue weighted by Crippen LogP contribution is 2.17. The minimum absolute atomic E-state index is 0.0298. The average Bonchev–Trinajstić information content (AvgIpc) is 2.60. The molecule has 4 N–H and O–H groups in total. The summed E-state index contributed by atoms with van der Waals surface area (Å²) in [6.07, 6.45) is 0.256. The Morgan fingerprint density at radius 3 is 2.17 bits per heavy atom. The van der Waals surface area contributed by atoms with Crippen LogP contribution in [0.5, 0.6) is 0 Å². The molecular weight excluding hydrogens is 414 g/mol. The fraction of sp³-hybridized carbons (Fsp3) is 0.316. The van der Waals surface area contributed by atoms with Gasteiger partial charge in [0.25, 0.3) is 0 Å². The Hall–Kier alpha value is -2.27. The molecule has 0 aliphatic carbocycles. The molecule has 0 saturated carbocycles. The van der Waals surface area contributed by atoms with Crippen LogP contribution in [-0.4, -0.2) is 28.8 Å². The van der Waals surface area contributed by atoms with Crippen LogP contribution in [0.25, 0.3) is 0 Å². The second-order valence-electron chi connectivity index (χ2n) is 7.18. The van der Waals surface area contributed by atoms with Gasteiger partial charge in [-0.05, 0) is 49.6 Å². The first kappa shape index (κ1) is 23.0. The molecule has 1 amide bonds. The van der Waals surface area contributed by atoms with E-state index < -0.39 is 32.0 Å². The molecular formula is C19H25N3O5S2. The summed E-state index contributed by atoms with van der Waals surface area (Å²) >= 11 is 0. The number of sulfonamides is 2. The van der Waals surface area contributed by atoms with Gasteiger partial charge in [0.15, 0.2) is 0 Å². The number of hydrogen-bond acceptors (Lipinski definition) is 5. The van der Waals surface area contributed by atoms with Crippen LogP contribution < -0.4 is 15.2 Å². The third kappa shape index (κ3) is 6.64. The first-order valence-electron chi connectivity index (χ1n) is 8.91. The average molecular weight is 440 g/mol. The third-order valence-corrected chi connectivity index (χ3v) is 6.48. The Morgan fingerprint density at radius 1 is 1.00 bits per heavy atom. The Kier molecular flexibility index (Phi) is 7.17. The van der Waals surface area contributed by atoms with E-state index in [1.165, 1.54) is 36.4 Å². The van der Waals surface area contributed by atoms with Gasteiger partial charge >= 0.3 is 0 Å². The van der Waals surface area contributed by atoms with Crippen molar-refractivity contribution in [1.29, 1.82) is 0 Å². The van der Waals surface area contributed by atoms with Crippen molar-refractivity contribution >= 4 is 31.6 Å². The lowest BCUT2D eigenvalue weighted by Crippen LogP contribution is -2.44. The zero-order valence-corrected chi connectivity index (χ0v) is 18.0. The van der Waals surface area contributed by atoms with E-state index >= 15 is 0 Å². The fourth-order valence-corrected chi connectivity index (χ4v) is 4.40. The number of nitrogens with two attached hydrogens (primary N) is 1. The van der Waals surface area contributed by atoms with Gasteiger partial charge in [0, 0.05) is 5.69 Å². The minimum Gasteiger partial charge on any atom is -0.325 e. The number of benzene rings is 2. The highest BCUT2D eigenvalue weighted by atomic mass is 32.2. The van der Waals surface area contributed by atoms with Gasteiger partial charge in [0.05, 0.1) is 9.79 Å². The normalized spacial score (nSPS) is 13.3. The number of anilines is 1. The maximum Gasteiger partial charge on any atom is 0.242 e. The summed E-state index contributed by atoms with van der Waals surface area (Å²) in [6.45, 7) is 5.57. The molecule has 2 rings (SSSR count). The zero-order valence-electron chi connectivity index (χ0n) is 16.4. The summed E-state index contributed by atoms with van der Waals surface area (Å²) in [5.74, 6) is -0.567. The van der Waals surface area contributed by atoms with Crippen LogP contribution in [0.3, 0.4) is 0 Å². The molecule has 1 unspecified atom stereocenters. The molecule has 2 aromatic carbocycles. The van der Waals surface area contributed by atoms with Crippen molar-refractivity contribution in [3.05, 3.63) is 54.1 Å². The summed E-state index contributed by atoms with van der Waals surface area (Å²) in [7, 11) is -7.85. The van der Waals surface area contributed by atoms with Crippen LogP contribution in [0, 0.1) is 12.8 Å². The smallest absolute Gasteiger partial charge is 0.242 e. The molecule has 1 atom stereocenters. The second kappa shape index (κ2) is 9.04. The zero-order chi connectivity index (χ0) is 21.8. The summed E-state index contributed by atoms with van der Waals surface area (Å²) < 4.78 is 50.8. The number of carbonyl (C=O) groups excluding carboxylic acids is 1.